The molecule has 1 aliphatic heterocycles. The molecule has 13 heavy (non-hydrogen) atoms. The van der Waals surface area contributed by atoms with Crippen LogP contribution in [0.4, 0.5) is 0 Å². The van der Waals surface area contributed by atoms with E-state index in [1.807, 2.05) is 6.92 Å². The van der Waals surface area contributed by atoms with Crippen LogP contribution in [-0.4, -0.2) is 34.5 Å². The number of imide groups is 1. The van der Waals surface area contributed by atoms with Crippen LogP contribution in [0.15, 0.2) is 0 Å². The molecule has 4 nitrogen and oxygen atoms in total. The Bertz CT molecular complexity index is 195. The highest BCUT2D eigenvalue weighted by Crippen LogP contribution is 2.16. The Morgan fingerprint density at radius 1 is 1.38 bits per heavy atom. The van der Waals surface area contributed by atoms with Gasteiger partial charge in [-0.25, -0.2) is 0 Å². The topological polar surface area (TPSA) is 57.6 Å². The molecule has 0 aromatic rings. The SMILES string of the molecule is CC[C@@H](CO)N1C(=O)CCCC1=O. The highest BCUT2D eigenvalue weighted by atomic mass is 16.3. The van der Waals surface area contributed by atoms with Crippen LogP contribution in [-0.2, 0) is 9.59 Å². The van der Waals surface area contributed by atoms with E-state index in [1.165, 1.54) is 4.90 Å². The van der Waals surface area contributed by atoms with Crippen LogP contribution < -0.4 is 0 Å². The minimum atomic E-state index is -0.319. The number of rotatable bonds is 3. The number of aliphatic hydroxyl groups is 1. The second kappa shape index (κ2) is 4.37. The number of piperidine rings is 1. The number of carbonyl (C=O) groups excluding carboxylic acids is 2. The first-order chi connectivity index (χ1) is 6.20. The van der Waals surface area contributed by atoms with Gasteiger partial charge in [0.1, 0.15) is 0 Å². The minimum absolute atomic E-state index is 0.131. The fraction of sp³-hybridized carbons (Fsp3) is 0.778. The zero-order valence-corrected chi connectivity index (χ0v) is 7.82. The summed E-state index contributed by atoms with van der Waals surface area (Å²) < 4.78 is 0. The molecule has 0 aromatic carbocycles. The lowest BCUT2D eigenvalue weighted by atomic mass is 10.1. The van der Waals surface area contributed by atoms with Crippen molar-refractivity contribution < 1.29 is 14.7 Å². The van der Waals surface area contributed by atoms with Gasteiger partial charge in [0.25, 0.3) is 0 Å². The molecule has 0 bridgehead atoms. The largest absolute Gasteiger partial charge is 0.394 e. The first-order valence-electron chi connectivity index (χ1n) is 4.66. The molecule has 1 rings (SSSR count). The van der Waals surface area contributed by atoms with E-state index in [-0.39, 0.29) is 24.5 Å². The fourth-order valence-corrected chi connectivity index (χ4v) is 1.57. The Labute approximate surface area is 77.5 Å². The van der Waals surface area contributed by atoms with Crippen LogP contribution in [0.25, 0.3) is 0 Å². The molecule has 0 radical (unpaired) electrons. The lowest BCUT2D eigenvalue weighted by Gasteiger charge is -2.31. The normalized spacial score (nSPS) is 20.6. The number of nitrogens with zero attached hydrogens (tertiary/aromatic N) is 1. The molecule has 4 heteroatoms. The number of likely N-dealkylation sites (tertiary alicyclic amines) is 1. The smallest absolute Gasteiger partial charge is 0.229 e. The summed E-state index contributed by atoms with van der Waals surface area (Å²) in [5, 5.41) is 8.97. The van der Waals surface area contributed by atoms with Crippen molar-refractivity contribution in [1.82, 2.24) is 4.90 Å². The Morgan fingerprint density at radius 3 is 2.31 bits per heavy atom. The van der Waals surface area contributed by atoms with Crippen molar-refractivity contribution in [2.75, 3.05) is 6.61 Å². The minimum Gasteiger partial charge on any atom is -0.394 e. The Balaban J connectivity index is 2.72. The van der Waals surface area contributed by atoms with Gasteiger partial charge < -0.3 is 5.11 Å². The average Bonchev–Trinajstić information content (AvgIpc) is 2.11. The van der Waals surface area contributed by atoms with Gasteiger partial charge in [-0.2, -0.15) is 0 Å². The van der Waals surface area contributed by atoms with Crippen LogP contribution in [0.3, 0.4) is 0 Å². The lowest BCUT2D eigenvalue weighted by molar-refractivity contribution is -0.152. The summed E-state index contributed by atoms with van der Waals surface area (Å²) in [5.74, 6) is -0.283. The van der Waals surface area contributed by atoms with Gasteiger partial charge in [0, 0.05) is 12.8 Å². The van der Waals surface area contributed by atoms with Crippen LogP contribution >= 0.6 is 0 Å². The van der Waals surface area contributed by atoms with Gasteiger partial charge in [0.2, 0.25) is 11.8 Å². The molecule has 1 aliphatic rings. The maximum atomic E-state index is 11.4. The van der Waals surface area contributed by atoms with Gasteiger partial charge in [-0.3, -0.25) is 14.5 Å². The van der Waals surface area contributed by atoms with E-state index in [0.717, 1.165) is 0 Å². The van der Waals surface area contributed by atoms with Gasteiger partial charge in [-0.05, 0) is 12.8 Å². The average molecular weight is 185 g/mol. The van der Waals surface area contributed by atoms with Crippen molar-refractivity contribution in [1.29, 1.82) is 0 Å². The van der Waals surface area contributed by atoms with E-state index in [9.17, 15) is 9.59 Å². The number of amides is 2. The molecule has 1 heterocycles. The highest BCUT2D eigenvalue weighted by Gasteiger charge is 2.30. The van der Waals surface area contributed by atoms with Crippen molar-refractivity contribution in [2.45, 2.75) is 38.6 Å². The molecule has 0 aliphatic carbocycles. The monoisotopic (exact) mass is 185 g/mol. The molecule has 0 unspecified atom stereocenters. The van der Waals surface area contributed by atoms with E-state index in [4.69, 9.17) is 5.11 Å². The van der Waals surface area contributed by atoms with E-state index < -0.39 is 0 Å². The first kappa shape index (κ1) is 10.2. The summed E-state index contributed by atoms with van der Waals surface area (Å²) in [6.45, 7) is 1.73. The van der Waals surface area contributed by atoms with Crippen LogP contribution in [0.1, 0.15) is 32.6 Å². The van der Waals surface area contributed by atoms with Crippen LogP contribution in [0.5, 0.6) is 0 Å². The third-order valence-corrected chi connectivity index (χ3v) is 2.37. The Morgan fingerprint density at radius 2 is 1.92 bits per heavy atom. The molecule has 1 atom stereocenters. The standard InChI is InChI=1S/C9H15NO3/c1-2-7(6-11)10-8(12)4-3-5-9(10)13/h7,11H,2-6H2,1H3/t7-/m0/s1. The second-order valence-corrected chi connectivity index (χ2v) is 3.26. The summed E-state index contributed by atoms with van der Waals surface area (Å²) in [7, 11) is 0. The zero-order chi connectivity index (χ0) is 9.84. The Kier molecular flexibility index (Phi) is 3.42. The maximum Gasteiger partial charge on any atom is 0.229 e. The van der Waals surface area contributed by atoms with Crippen molar-refractivity contribution in [3.05, 3.63) is 0 Å². The maximum absolute atomic E-state index is 11.4. The summed E-state index contributed by atoms with van der Waals surface area (Å²) in [6, 6.07) is -0.319. The Hall–Kier alpha value is -0.900. The molecule has 74 valence electrons. The van der Waals surface area contributed by atoms with Gasteiger partial charge in [0.15, 0.2) is 0 Å². The molecule has 2 amide bonds. The molecule has 0 aromatic heterocycles. The molecule has 0 spiro atoms. The molecule has 1 saturated heterocycles. The molecule has 1 N–H and O–H groups in total. The van der Waals surface area contributed by atoms with Crippen molar-refractivity contribution in [2.24, 2.45) is 0 Å². The summed E-state index contributed by atoms with van der Waals surface area (Å²) in [5.41, 5.74) is 0. The third kappa shape index (κ3) is 2.06. The number of hydrogen-bond donors (Lipinski definition) is 1. The van der Waals surface area contributed by atoms with E-state index in [1.54, 1.807) is 0 Å². The van der Waals surface area contributed by atoms with Gasteiger partial charge >= 0.3 is 0 Å². The molecule has 1 fully saturated rings. The van der Waals surface area contributed by atoms with Gasteiger partial charge in [-0.15, -0.1) is 0 Å². The van der Waals surface area contributed by atoms with Crippen LogP contribution in [0, 0.1) is 0 Å². The number of carbonyl (C=O) groups is 2. The molecular weight excluding hydrogens is 170 g/mol. The first-order valence-corrected chi connectivity index (χ1v) is 4.66. The van der Waals surface area contributed by atoms with Crippen LogP contribution in [0.2, 0.25) is 0 Å². The highest BCUT2D eigenvalue weighted by molar-refractivity contribution is 5.97. The predicted octanol–water partition coefficient (Wildman–Crippen LogP) is 0.296. The summed E-state index contributed by atoms with van der Waals surface area (Å²) >= 11 is 0. The van der Waals surface area contributed by atoms with Gasteiger partial charge in [0.05, 0.1) is 12.6 Å². The summed E-state index contributed by atoms with van der Waals surface area (Å²) in [4.78, 5) is 23.9. The van der Waals surface area contributed by atoms with Crippen molar-refractivity contribution in [3.8, 4) is 0 Å². The zero-order valence-electron chi connectivity index (χ0n) is 7.82. The molecular formula is C9H15NO3. The van der Waals surface area contributed by atoms with E-state index in [0.29, 0.717) is 25.7 Å². The molecule has 0 saturated carbocycles. The number of hydrogen-bond acceptors (Lipinski definition) is 3. The van der Waals surface area contributed by atoms with E-state index >= 15 is 0 Å². The summed E-state index contributed by atoms with van der Waals surface area (Å²) in [6.07, 6.45) is 2.13. The number of aliphatic hydroxyl groups excluding tert-OH is 1. The lowest BCUT2D eigenvalue weighted by Crippen LogP contribution is -2.48. The second-order valence-electron chi connectivity index (χ2n) is 3.26. The fourth-order valence-electron chi connectivity index (χ4n) is 1.57. The predicted molar refractivity (Wildman–Crippen MR) is 46.9 cm³/mol. The third-order valence-electron chi connectivity index (χ3n) is 2.37. The van der Waals surface area contributed by atoms with E-state index in [2.05, 4.69) is 0 Å². The van der Waals surface area contributed by atoms with Crippen molar-refractivity contribution in [3.63, 3.8) is 0 Å². The van der Waals surface area contributed by atoms with Gasteiger partial charge in [-0.1, -0.05) is 6.92 Å². The quantitative estimate of drug-likeness (QED) is 0.643. The van der Waals surface area contributed by atoms with Crippen molar-refractivity contribution >= 4 is 11.8 Å².